The van der Waals surface area contributed by atoms with Crippen molar-refractivity contribution < 1.29 is 34.6 Å². The van der Waals surface area contributed by atoms with E-state index in [0.717, 1.165) is 31.2 Å². The average Bonchev–Trinajstić information content (AvgIpc) is 3.47. The maximum absolute atomic E-state index is 11.7. The summed E-state index contributed by atoms with van der Waals surface area (Å²) in [6.07, 6.45) is 12.3. The molecule has 0 amide bonds. The monoisotopic (exact) mass is 909 g/mol. The summed E-state index contributed by atoms with van der Waals surface area (Å²) < 4.78 is 4.73. The molecule has 0 spiro atoms. The third kappa shape index (κ3) is 9.23. The molecular weight excluding hydrogens is 847 g/mol. The van der Waals surface area contributed by atoms with Gasteiger partial charge in [-0.05, 0) is 96.6 Å². The standard InChI is InChI=1S/C35H38NS.C13H24O2.Ir/c1-22-25-10-8-9-11-26(25)30(34(2,3)4)21-29(22)32-33-28(16-19-36(32)7)27-13-12-24(20-31(27)37-33)23-14-17-35(5,6)18-15-23;1-5-10(6-2)12(14)9-13(15)11(7-3)8-4;/h8-13,16,19-21,23H,1,7,14-15,17-18H2,2-6H3;9-11,14H,5-8H2,1-4H3;/q-1;;/b;12-9-;. The molecule has 3 aromatic carbocycles. The van der Waals surface area contributed by atoms with Crippen LogP contribution in [0.4, 0.5) is 0 Å². The predicted octanol–water partition coefficient (Wildman–Crippen LogP) is 13.8. The first-order valence-corrected chi connectivity index (χ1v) is 20.5. The summed E-state index contributed by atoms with van der Waals surface area (Å²) in [5, 5.41) is 14.9. The molecule has 1 radical (unpaired) electrons. The Kier molecular flexibility index (Phi) is 14.1. The number of rotatable bonds is 9. The molecule has 6 rings (SSSR count). The number of fused-ring (bicyclic) bond motifs is 4. The fraction of sp³-hybridized carbons (Fsp3) is 0.458. The Labute approximate surface area is 337 Å². The van der Waals surface area contributed by atoms with Crippen LogP contribution in [0.2, 0.25) is 0 Å². The molecule has 0 bridgehead atoms. The zero-order chi connectivity index (χ0) is 38.0. The van der Waals surface area contributed by atoms with Gasteiger partial charge in [-0.25, -0.2) is 0 Å². The minimum atomic E-state index is 0. The molecule has 5 aromatic rings. The van der Waals surface area contributed by atoms with Gasteiger partial charge in [-0.1, -0.05) is 104 Å². The molecule has 2 aromatic heterocycles. The number of allylic oxidation sites excluding steroid dienone is 2. The smallest absolute Gasteiger partial charge is 0.162 e. The summed E-state index contributed by atoms with van der Waals surface area (Å²) in [4.78, 5) is 11.7. The number of aliphatic hydroxyl groups is 1. The van der Waals surface area contributed by atoms with Crippen LogP contribution < -0.4 is 4.57 Å². The molecule has 0 atom stereocenters. The number of hydrogen-bond donors (Lipinski definition) is 1. The summed E-state index contributed by atoms with van der Waals surface area (Å²) in [6.45, 7) is 24.4. The van der Waals surface area contributed by atoms with Crippen LogP contribution in [0.25, 0.3) is 42.2 Å². The Balaban J connectivity index is 0.000000335. The number of carbonyl (C=O) groups excluding carboxylic acids is 1. The van der Waals surface area contributed by atoms with Crippen molar-refractivity contribution in [2.24, 2.45) is 17.3 Å². The minimum Gasteiger partial charge on any atom is -0.512 e. The normalized spacial score (nSPS) is 15.2. The summed E-state index contributed by atoms with van der Waals surface area (Å²) in [7, 11) is 4.43. The summed E-state index contributed by atoms with van der Waals surface area (Å²) in [5.41, 5.74) is 6.81. The molecule has 0 saturated heterocycles. The maximum Gasteiger partial charge on any atom is 0.162 e. The van der Waals surface area contributed by atoms with E-state index < -0.39 is 0 Å². The van der Waals surface area contributed by atoms with E-state index in [1.165, 1.54) is 85.1 Å². The van der Waals surface area contributed by atoms with E-state index in [0.29, 0.717) is 11.3 Å². The topological polar surface area (TPSA) is 41.2 Å². The average molecular weight is 909 g/mol. The maximum atomic E-state index is 11.7. The predicted molar refractivity (Wildman–Crippen MR) is 225 cm³/mol. The van der Waals surface area contributed by atoms with E-state index >= 15 is 0 Å². The number of ketones is 1. The number of pyridine rings is 1. The van der Waals surface area contributed by atoms with Crippen molar-refractivity contribution in [1.29, 1.82) is 0 Å². The first-order valence-electron chi connectivity index (χ1n) is 19.7. The minimum absolute atomic E-state index is 0. The molecule has 287 valence electrons. The van der Waals surface area contributed by atoms with Crippen molar-refractivity contribution in [3.05, 3.63) is 103 Å². The van der Waals surface area contributed by atoms with Crippen LogP contribution in [-0.4, -0.2) is 10.9 Å². The third-order valence-electron chi connectivity index (χ3n) is 11.8. The van der Waals surface area contributed by atoms with Crippen LogP contribution in [0.5, 0.6) is 0 Å². The molecule has 3 nitrogen and oxygen atoms in total. The second-order valence-corrected chi connectivity index (χ2v) is 18.0. The van der Waals surface area contributed by atoms with Crippen molar-refractivity contribution in [3.8, 4) is 11.3 Å². The van der Waals surface area contributed by atoms with E-state index in [2.05, 4.69) is 109 Å². The molecule has 1 N–H and O–H groups in total. The first-order chi connectivity index (χ1) is 24.6. The number of benzene rings is 3. The molecular formula is C48H62IrNO2S-. The van der Waals surface area contributed by atoms with Gasteiger partial charge in [0, 0.05) is 54.5 Å². The number of carbonyl (C=O) groups is 1. The molecule has 1 aliphatic rings. The van der Waals surface area contributed by atoms with E-state index in [9.17, 15) is 9.90 Å². The summed E-state index contributed by atoms with van der Waals surface area (Å²) in [6, 6.07) is 20.6. The van der Waals surface area contributed by atoms with Crippen molar-refractivity contribution >= 4 is 48.1 Å². The molecule has 1 fully saturated rings. The van der Waals surface area contributed by atoms with Gasteiger partial charge in [-0.2, -0.15) is 12.5 Å². The SMILES string of the molecule is CCC(CC)C(=O)/C=C(\O)C(CC)CC.[CH2-]c1c(-c2c3sc4cc(C5CCC(C)(C)CC5)ccc4c3cc[n+]2[CH2-])cc(C(C)(C)C)c2ccccc12.[Ir]. The van der Waals surface area contributed by atoms with E-state index in [4.69, 9.17) is 0 Å². The van der Waals surface area contributed by atoms with Crippen LogP contribution in [-0.2, 0) is 30.3 Å². The van der Waals surface area contributed by atoms with E-state index in [-0.39, 0.29) is 48.9 Å². The molecule has 5 heteroatoms. The zero-order valence-corrected chi connectivity index (χ0v) is 36.9. The van der Waals surface area contributed by atoms with Gasteiger partial charge in [-0.15, -0.1) is 34.4 Å². The Morgan fingerprint density at radius 2 is 1.51 bits per heavy atom. The van der Waals surface area contributed by atoms with Gasteiger partial charge in [-0.3, -0.25) is 4.79 Å². The molecule has 0 unspecified atom stereocenters. The Bertz CT molecular complexity index is 2060. The quantitative estimate of drug-likeness (QED) is 0.0693. The molecule has 1 saturated carbocycles. The number of aromatic nitrogens is 1. The summed E-state index contributed by atoms with van der Waals surface area (Å²) in [5.74, 6) is 1.23. The number of thiophene rings is 1. The van der Waals surface area contributed by atoms with Crippen LogP contribution in [0.1, 0.15) is 136 Å². The molecule has 53 heavy (non-hydrogen) atoms. The Hall–Kier alpha value is -3.11. The largest absolute Gasteiger partial charge is 0.512 e. The fourth-order valence-electron chi connectivity index (χ4n) is 8.15. The second kappa shape index (κ2) is 17.6. The fourth-order valence-corrected chi connectivity index (χ4v) is 9.47. The summed E-state index contributed by atoms with van der Waals surface area (Å²) >= 11 is 1.91. The first kappa shape index (κ1) is 42.6. The van der Waals surface area contributed by atoms with Crippen molar-refractivity contribution in [2.75, 3.05) is 0 Å². The van der Waals surface area contributed by atoms with E-state index in [1.807, 2.05) is 43.6 Å². The Morgan fingerprint density at radius 1 is 0.906 bits per heavy atom. The van der Waals surface area contributed by atoms with E-state index in [1.54, 1.807) is 0 Å². The van der Waals surface area contributed by atoms with Crippen LogP contribution in [0, 0.1) is 31.2 Å². The van der Waals surface area contributed by atoms with Gasteiger partial charge >= 0.3 is 0 Å². The van der Waals surface area contributed by atoms with Gasteiger partial charge in [0.25, 0.3) is 0 Å². The molecule has 2 heterocycles. The van der Waals surface area contributed by atoms with Crippen LogP contribution in [0.3, 0.4) is 0 Å². The molecule has 0 aliphatic heterocycles. The van der Waals surface area contributed by atoms with Gasteiger partial charge in [0.1, 0.15) is 0 Å². The van der Waals surface area contributed by atoms with Crippen molar-refractivity contribution in [2.45, 2.75) is 125 Å². The van der Waals surface area contributed by atoms with Gasteiger partial charge in [0.2, 0.25) is 0 Å². The van der Waals surface area contributed by atoms with Crippen LogP contribution in [0.15, 0.2) is 72.6 Å². The zero-order valence-electron chi connectivity index (χ0n) is 33.7. The Morgan fingerprint density at radius 3 is 2.09 bits per heavy atom. The number of aliphatic hydroxyl groups excluding tert-OH is 1. The number of nitrogens with zero attached hydrogens (tertiary/aromatic N) is 1. The van der Waals surface area contributed by atoms with Gasteiger partial charge < -0.3 is 9.67 Å². The number of hydrogen-bond acceptors (Lipinski definition) is 3. The van der Waals surface area contributed by atoms with Crippen LogP contribution >= 0.6 is 11.3 Å². The van der Waals surface area contributed by atoms with Crippen molar-refractivity contribution in [3.63, 3.8) is 0 Å². The molecule has 1 aliphatic carbocycles. The second-order valence-electron chi connectivity index (χ2n) is 16.9. The van der Waals surface area contributed by atoms with Crippen molar-refractivity contribution in [1.82, 2.24) is 0 Å². The van der Waals surface area contributed by atoms with Gasteiger partial charge in [0.05, 0.1) is 17.6 Å². The third-order valence-corrected chi connectivity index (χ3v) is 13.0. The van der Waals surface area contributed by atoms with Gasteiger partial charge in [0.15, 0.2) is 5.78 Å².